The maximum absolute atomic E-state index is 13.5. The molecule has 6 heteroatoms. The Balaban J connectivity index is 2.10. The largest absolute Gasteiger partial charge is 0.322 e. The van der Waals surface area contributed by atoms with Crippen molar-refractivity contribution in [2.45, 2.75) is 11.3 Å². The molecule has 2 aromatic rings. The predicted molar refractivity (Wildman–Crippen MR) is 77.4 cm³/mol. The van der Waals surface area contributed by atoms with Crippen molar-refractivity contribution in [1.29, 1.82) is 0 Å². The van der Waals surface area contributed by atoms with Crippen LogP contribution in [0.2, 0.25) is 5.02 Å². The van der Waals surface area contributed by atoms with Gasteiger partial charge in [0.05, 0.1) is 17.1 Å². The molecule has 0 saturated carbocycles. The molecule has 0 spiro atoms. The first-order valence-electron chi connectivity index (χ1n) is 5.68. The van der Waals surface area contributed by atoms with Gasteiger partial charge in [0.15, 0.2) is 5.82 Å². The van der Waals surface area contributed by atoms with Gasteiger partial charge in [0.1, 0.15) is 5.82 Å². The number of amides is 1. The van der Waals surface area contributed by atoms with Crippen molar-refractivity contribution in [2.24, 2.45) is 0 Å². The molecule has 0 aliphatic heterocycles. The van der Waals surface area contributed by atoms with Gasteiger partial charge in [0.25, 0.3) is 0 Å². The molecule has 0 aliphatic rings. The topological polar surface area (TPSA) is 29.1 Å². The van der Waals surface area contributed by atoms with Gasteiger partial charge in [-0.05, 0) is 23.8 Å². The summed E-state index contributed by atoms with van der Waals surface area (Å²) < 4.78 is 26.4. The van der Waals surface area contributed by atoms with E-state index in [1.807, 2.05) is 0 Å². The minimum atomic E-state index is -0.908. The van der Waals surface area contributed by atoms with E-state index in [4.69, 9.17) is 11.6 Å². The van der Waals surface area contributed by atoms with Gasteiger partial charge in [-0.25, -0.2) is 8.78 Å². The zero-order valence-corrected chi connectivity index (χ0v) is 11.8. The fourth-order valence-corrected chi connectivity index (χ4v) is 2.04. The van der Waals surface area contributed by atoms with Crippen LogP contribution in [0.5, 0.6) is 0 Å². The zero-order chi connectivity index (χ0) is 14.7. The summed E-state index contributed by atoms with van der Waals surface area (Å²) in [6, 6.07) is 8.58. The number of halogens is 3. The lowest BCUT2D eigenvalue weighted by Crippen LogP contribution is -2.15. The summed E-state index contributed by atoms with van der Waals surface area (Å²) in [5.74, 6) is -2.15. The Bertz CT molecular complexity index is 623. The molecule has 2 aromatic carbocycles. The molecule has 0 aliphatic carbocycles. The summed E-state index contributed by atoms with van der Waals surface area (Å²) in [5.41, 5.74) is 0.530. The highest BCUT2D eigenvalue weighted by molar-refractivity contribution is 7.80. The Morgan fingerprint density at radius 1 is 1.20 bits per heavy atom. The molecule has 0 saturated heterocycles. The number of hydrogen-bond acceptors (Lipinski definition) is 2. The number of hydrogen-bond donors (Lipinski definition) is 2. The van der Waals surface area contributed by atoms with Crippen LogP contribution in [-0.4, -0.2) is 5.91 Å². The first kappa shape index (κ1) is 14.8. The maximum Gasteiger partial charge on any atom is 0.228 e. The van der Waals surface area contributed by atoms with Gasteiger partial charge in [-0.15, -0.1) is 12.6 Å². The quantitative estimate of drug-likeness (QED) is 0.821. The highest BCUT2D eigenvalue weighted by Gasteiger charge is 2.13. The third-order valence-corrected chi connectivity index (χ3v) is 3.17. The molecule has 0 bridgehead atoms. The first-order chi connectivity index (χ1) is 9.45. The molecule has 2 rings (SSSR count). The fraction of sp³-hybridized carbons (Fsp3) is 0.0714. The summed E-state index contributed by atoms with van der Waals surface area (Å²) in [4.78, 5) is 12.6. The number of carbonyl (C=O) groups excluding carboxylic acids is 1. The Kier molecular flexibility index (Phi) is 4.62. The highest BCUT2D eigenvalue weighted by atomic mass is 35.5. The lowest BCUT2D eigenvalue weighted by molar-refractivity contribution is -0.115. The lowest BCUT2D eigenvalue weighted by Gasteiger charge is -2.09. The van der Waals surface area contributed by atoms with Crippen molar-refractivity contribution in [3.63, 3.8) is 0 Å². The van der Waals surface area contributed by atoms with Crippen molar-refractivity contribution < 1.29 is 13.6 Å². The van der Waals surface area contributed by atoms with E-state index in [2.05, 4.69) is 17.9 Å². The van der Waals surface area contributed by atoms with E-state index in [0.717, 1.165) is 16.5 Å². The predicted octanol–water partition coefficient (Wildman–Crippen LogP) is 4.09. The van der Waals surface area contributed by atoms with Crippen molar-refractivity contribution in [3.8, 4) is 0 Å². The molecule has 0 heterocycles. The molecular weight excluding hydrogens is 304 g/mol. The standard InChI is InChI=1S/C14H10ClF2NOS/c15-11-6-9(16)7-12(17)14(11)18-13(19)5-8-1-3-10(20)4-2-8/h1-4,6-7,20H,5H2,(H,18,19). The molecule has 0 radical (unpaired) electrons. The van der Waals surface area contributed by atoms with Gasteiger partial charge in [-0.1, -0.05) is 23.7 Å². The summed E-state index contributed by atoms with van der Waals surface area (Å²) in [6.07, 6.45) is 0.0567. The van der Waals surface area contributed by atoms with Gasteiger partial charge in [0.2, 0.25) is 5.91 Å². The average molecular weight is 314 g/mol. The van der Waals surface area contributed by atoms with Crippen LogP contribution >= 0.6 is 24.2 Å². The molecule has 0 atom stereocenters. The SMILES string of the molecule is O=C(Cc1ccc(S)cc1)Nc1c(F)cc(F)cc1Cl. The second-order valence-corrected chi connectivity index (χ2v) is 5.06. The second kappa shape index (κ2) is 6.24. The number of anilines is 1. The van der Waals surface area contributed by atoms with E-state index in [0.29, 0.717) is 6.07 Å². The molecule has 0 unspecified atom stereocenters. The Hall–Kier alpha value is -1.59. The van der Waals surface area contributed by atoms with Gasteiger partial charge in [-0.2, -0.15) is 0 Å². The Labute approximate surface area is 125 Å². The summed E-state index contributed by atoms with van der Waals surface area (Å²) >= 11 is 9.83. The number of carbonyl (C=O) groups is 1. The smallest absolute Gasteiger partial charge is 0.228 e. The van der Waals surface area contributed by atoms with Crippen LogP contribution in [0.1, 0.15) is 5.56 Å². The van der Waals surface area contributed by atoms with E-state index in [1.54, 1.807) is 24.3 Å². The van der Waals surface area contributed by atoms with Crippen LogP contribution in [0.4, 0.5) is 14.5 Å². The average Bonchev–Trinajstić information content (AvgIpc) is 2.36. The fourth-order valence-electron chi connectivity index (χ4n) is 1.64. The number of thiol groups is 1. The van der Waals surface area contributed by atoms with Crippen molar-refractivity contribution in [3.05, 3.63) is 58.6 Å². The Morgan fingerprint density at radius 2 is 1.85 bits per heavy atom. The van der Waals surface area contributed by atoms with Crippen molar-refractivity contribution >= 4 is 35.8 Å². The van der Waals surface area contributed by atoms with Crippen LogP contribution in [0, 0.1) is 11.6 Å². The molecule has 104 valence electrons. The zero-order valence-electron chi connectivity index (χ0n) is 10.2. The molecular formula is C14H10ClF2NOS. The molecule has 1 N–H and O–H groups in total. The van der Waals surface area contributed by atoms with Crippen molar-refractivity contribution in [1.82, 2.24) is 0 Å². The third kappa shape index (κ3) is 3.71. The van der Waals surface area contributed by atoms with Gasteiger partial charge in [-0.3, -0.25) is 4.79 Å². The van der Waals surface area contributed by atoms with Crippen LogP contribution in [0.3, 0.4) is 0 Å². The monoisotopic (exact) mass is 313 g/mol. The minimum absolute atomic E-state index is 0.0567. The molecule has 1 amide bonds. The van der Waals surface area contributed by atoms with Crippen LogP contribution in [0.25, 0.3) is 0 Å². The summed E-state index contributed by atoms with van der Waals surface area (Å²) in [5, 5.41) is 2.16. The third-order valence-electron chi connectivity index (χ3n) is 2.57. The summed E-state index contributed by atoms with van der Waals surface area (Å²) in [6.45, 7) is 0. The first-order valence-corrected chi connectivity index (χ1v) is 6.50. The van der Waals surface area contributed by atoms with E-state index < -0.39 is 17.5 Å². The summed E-state index contributed by atoms with van der Waals surface area (Å²) in [7, 11) is 0. The Morgan fingerprint density at radius 3 is 2.45 bits per heavy atom. The number of benzene rings is 2. The van der Waals surface area contributed by atoms with Gasteiger partial charge in [0, 0.05) is 11.0 Å². The van der Waals surface area contributed by atoms with Gasteiger partial charge < -0.3 is 5.32 Å². The minimum Gasteiger partial charge on any atom is -0.322 e. The van der Waals surface area contributed by atoms with Gasteiger partial charge >= 0.3 is 0 Å². The molecule has 2 nitrogen and oxygen atoms in total. The van der Waals surface area contributed by atoms with E-state index in [9.17, 15) is 13.6 Å². The van der Waals surface area contributed by atoms with E-state index >= 15 is 0 Å². The maximum atomic E-state index is 13.5. The lowest BCUT2D eigenvalue weighted by atomic mass is 10.1. The highest BCUT2D eigenvalue weighted by Crippen LogP contribution is 2.26. The van der Waals surface area contributed by atoms with Crippen LogP contribution in [0.15, 0.2) is 41.3 Å². The number of nitrogens with one attached hydrogen (secondary N) is 1. The van der Waals surface area contributed by atoms with Crippen LogP contribution < -0.4 is 5.32 Å². The molecule has 0 fully saturated rings. The van der Waals surface area contributed by atoms with Crippen molar-refractivity contribution in [2.75, 3.05) is 5.32 Å². The second-order valence-electron chi connectivity index (χ2n) is 4.14. The van der Waals surface area contributed by atoms with Crippen LogP contribution in [-0.2, 0) is 11.2 Å². The normalized spacial score (nSPS) is 10.4. The molecule has 20 heavy (non-hydrogen) atoms. The number of rotatable bonds is 3. The molecule has 0 aromatic heterocycles. The van der Waals surface area contributed by atoms with E-state index in [1.165, 1.54) is 0 Å². The van der Waals surface area contributed by atoms with E-state index in [-0.39, 0.29) is 17.1 Å².